The maximum atomic E-state index is 12.5. The molecule has 0 bridgehead atoms. The summed E-state index contributed by atoms with van der Waals surface area (Å²) in [6.45, 7) is 6.35. The minimum atomic E-state index is -0.0624. The predicted octanol–water partition coefficient (Wildman–Crippen LogP) is 4.10. The van der Waals surface area contributed by atoms with Gasteiger partial charge in [0, 0.05) is 24.6 Å². The first-order chi connectivity index (χ1) is 12.0. The number of benzene rings is 2. The molecular weight excluding hydrogens is 314 g/mol. The molecule has 0 aromatic heterocycles. The fourth-order valence-corrected chi connectivity index (χ4v) is 2.51. The van der Waals surface area contributed by atoms with Gasteiger partial charge in [-0.1, -0.05) is 37.3 Å². The van der Waals surface area contributed by atoms with E-state index in [1.807, 2.05) is 51.1 Å². The van der Waals surface area contributed by atoms with E-state index in [9.17, 15) is 9.59 Å². The standard InChI is InChI=1S/C21H25NO3/c1-4-20(23)18-10-12-19(13-11-18)25-15-21(24)22(16(2)3)14-17-8-6-5-7-9-17/h5-13,16H,4,14-15H2,1-3H3. The van der Waals surface area contributed by atoms with Gasteiger partial charge in [-0.15, -0.1) is 0 Å². The molecule has 0 unspecified atom stereocenters. The second kappa shape index (κ2) is 9.02. The van der Waals surface area contributed by atoms with Gasteiger partial charge in [-0.3, -0.25) is 9.59 Å². The van der Waals surface area contributed by atoms with Crippen molar-refractivity contribution >= 4 is 11.7 Å². The van der Waals surface area contributed by atoms with Gasteiger partial charge in [0.05, 0.1) is 0 Å². The third-order valence-corrected chi connectivity index (χ3v) is 4.00. The molecule has 0 saturated heterocycles. The molecule has 2 aromatic carbocycles. The Hall–Kier alpha value is -2.62. The van der Waals surface area contributed by atoms with Gasteiger partial charge >= 0.3 is 0 Å². The average molecular weight is 339 g/mol. The second-order valence-corrected chi connectivity index (χ2v) is 6.19. The Morgan fingerprint density at radius 2 is 1.64 bits per heavy atom. The average Bonchev–Trinajstić information content (AvgIpc) is 2.64. The first-order valence-corrected chi connectivity index (χ1v) is 8.60. The number of ketones is 1. The summed E-state index contributed by atoms with van der Waals surface area (Å²) < 4.78 is 5.60. The fraction of sp³-hybridized carbons (Fsp3) is 0.333. The van der Waals surface area contributed by atoms with Gasteiger partial charge in [0.15, 0.2) is 12.4 Å². The molecule has 0 radical (unpaired) electrons. The normalized spacial score (nSPS) is 10.6. The lowest BCUT2D eigenvalue weighted by molar-refractivity contribution is -0.135. The van der Waals surface area contributed by atoms with E-state index < -0.39 is 0 Å². The monoisotopic (exact) mass is 339 g/mol. The summed E-state index contributed by atoms with van der Waals surface area (Å²) >= 11 is 0. The highest BCUT2D eigenvalue weighted by molar-refractivity contribution is 5.95. The minimum absolute atomic E-state index is 0.0217. The molecule has 0 spiro atoms. The number of carbonyl (C=O) groups excluding carboxylic acids is 2. The van der Waals surface area contributed by atoms with Crippen LogP contribution in [0.25, 0.3) is 0 Å². The van der Waals surface area contributed by atoms with Crippen molar-refractivity contribution in [2.45, 2.75) is 39.8 Å². The summed E-state index contributed by atoms with van der Waals surface area (Å²) in [4.78, 5) is 26.0. The van der Waals surface area contributed by atoms with Gasteiger partial charge in [0.1, 0.15) is 5.75 Å². The Bertz CT molecular complexity index is 693. The number of carbonyl (C=O) groups is 2. The van der Waals surface area contributed by atoms with Crippen LogP contribution < -0.4 is 4.74 Å². The molecule has 0 aliphatic rings. The SMILES string of the molecule is CCC(=O)c1ccc(OCC(=O)N(Cc2ccccc2)C(C)C)cc1. The van der Waals surface area contributed by atoms with Crippen LogP contribution in [0.1, 0.15) is 43.1 Å². The molecule has 4 nitrogen and oxygen atoms in total. The number of hydrogen-bond donors (Lipinski definition) is 0. The van der Waals surface area contributed by atoms with Crippen molar-refractivity contribution in [2.75, 3.05) is 6.61 Å². The zero-order chi connectivity index (χ0) is 18.2. The zero-order valence-corrected chi connectivity index (χ0v) is 15.1. The lowest BCUT2D eigenvalue weighted by atomic mass is 10.1. The molecule has 0 atom stereocenters. The Morgan fingerprint density at radius 1 is 1.00 bits per heavy atom. The summed E-state index contributed by atoms with van der Waals surface area (Å²) in [6.07, 6.45) is 0.474. The van der Waals surface area contributed by atoms with Crippen LogP contribution in [0.2, 0.25) is 0 Å². The molecule has 0 aliphatic heterocycles. The van der Waals surface area contributed by atoms with Crippen molar-refractivity contribution < 1.29 is 14.3 Å². The molecular formula is C21H25NO3. The Morgan fingerprint density at radius 3 is 2.20 bits per heavy atom. The molecule has 0 N–H and O–H groups in total. The molecule has 0 heterocycles. The minimum Gasteiger partial charge on any atom is -0.484 e. The number of Topliss-reactive ketones (excluding diaryl/α,β-unsaturated/α-hetero) is 1. The maximum absolute atomic E-state index is 12.5. The number of hydrogen-bond acceptors (Lipinski definition) is 3. The topological polar surface area (TPSA) is 46.6 Å². The molecule has 2 aromatic rings. The molecule has 25 heavy (non-hydrogen) atoms. The van der Waals surface area contributed by atoms with Crippen LogP contribution in [0.3, 0.4) is 0 Å². The number of ether oxygens (including phenoxy) is 1. The highest BCUT2D eigenvalue weighted by Crippen LogP contribution is 2.15. The highest BCUT2D eigenvalue weighted by Gasteiger charge is 2.18. The van der Waals surface area contributed by atoms with E-state index in [1.54, 1.807) is 29.2 Å². The quantitative estimate of drug-likeness (QED) is 0.680. The van der Waals surface area contributed by atoms with Crippen LogP contribution in [0.5, 0.6) is 5.75 Å². The van der Waals surface area contributed by atoms with Crippen LogP contribution in [-0.4, -0.2) is 29.2 Å². The van der Waals surface area contributed by atoms with Gasteiger partial charge in [0.2, 0.25) is 0 Å². The first kappa shape index (κ1) is 18.7. The van der Waals surface area contributed by atoms with E-state index >= 15 is 0 Å². The Kier molecular flexibility index (Phi) is 6.75. The largest absolute Gasteiger partial charge is 0.484 e. The van der Waals surface area contributed by atoms with Gasteiger partial charge in [-0.05, 0) is 43.7 Å². The van der Waals surface area contributed by atoms with Gasteiger partial charge < -0.3 is 9.64 Å². The van der Waals surface area contributed by atoms with Crippen LogP contribution in [-0.2, 0) is 11.3 Å². The van der Waals surface area contributed by atoms with Gasteiger partial charge in [-0.25, -0.2) is 0 Å². The molecule has 0 aliphatic carbocycles. The van der Waals surface area contributed by atoms with E-state index in [1.165, 1.54) is 0 Å². The van der Waals surface area contributed by atoms with E-state index in [0.717, 1.165) is 5.56 Å². The van der Waals surface area contributed by atoms with E-state index in [2.05, 4.69) is 0 Å². The summed E-state index contributed by atoms with van der Waals surface area (Å²) in [5.74, 6) is 0.619. The lowest BCUT2D eigenvalue weighted by Gasteiger charge is -2.27. The summed E-state index contributed by atoms with van der Waals surface area (Å²) in [5, 5.41) is 0. The molecule has 0 saturated carbocycles. The second-order valence-electron chi connectivity index (χ2n) is 6.19. The van der Waals surface area contributed by atoms with Crippen molar-refractivity contribution in [3.05, 3.63) is 65.7 Å². The zero-order valence-electron chi connectivity index (χ0n) is 15.1. The predicted molar refractivity (Wildman–Crippen MR) is 98.7 cm³/mol. The fourth-order valence-electron chi connectivity index (χ4n) is 2.51. The van der Waals surface area contributed by atoms with E-state index in [0.29, 0.717) is 24.3 Å². The summed E-state index contributed by atoms with van der Waals surface area (Å²) in [5.41, 5.74) is 1.75. The number of rotatable bonds is 8. The highest BCUT2D eigenvalue weighted by atomic mass is 16.5. The van der Waals surface area contributed by atoms with Crippen LogP contribution >= 0.6 is 0 Å². The van der Waals surface area contributed by atoms with Gasteiger partial charge in [0.25, 0.3) is 5.91 Å². The third-order valence-electron chi connectivity index (χ3n) is 4.00. The molecule has 4 heteroatoms. The molecule has 1 amide bonds. The summed E-state index contributed by atoms with van der Waals surface area (Å²) in [7, 11) is 0. The van der Waals surface area contributed by atoms with Crippen LogP contribution in [0, 0.1) is 0 Å². The Balaban J connectivity index is 1.95. The molecule has 0 fully saturated rings. The number of nitrogens with zero attached hydrogens (tertiary/aromatic N) is 1. The molecule has 132 valence electrons. The smallest absolute Gasteiger partial charge is 0.261 e. The first-order valence-electron chi connectivity index (χ1n) is 8.60. The van der Waals surface area contributed by atoms with E-state index in [-0.39, 0.29) is 24.3 Å². The van der Waals surface area contributed by atoms with Crippen molar-refractivity contribution in [3.8, 4) is 5.75 Å². The van der Waals surface area contributed by atoms with Crippen molar-refractivity contribution in [2.24, 2.45) is 0 Å². The maximum Gasteiger partial charge on any atom is 0.261 e. The molecule has 2 rings (SSSR count). The summed E-state index contributed by atoms with van der Waals surface area (Å²) in [6, 6.07) is 16.9. The van der Waals surface area contributed by atoms with E-state index in [4.69, 9.17) is 4.74 Å². The van der Waals surface area contributed by atoms with Gasteiger partial charge in [-0.2, -0.15) is 0 Å². The Labute approximate surface area is 149 Å². The third kappa shape index (κ3) is 5.45. The van der Waals surface area contributed by atoms with Crippen LogP contribution in [0.15, 0.2) is 54.6 Å². The van der Waals surface area contributed by atoms with Crippen molar-refractivity contribution in [1.29, 1.82) is 0 Å². The van der Waals surface area contributed by atoms with Crippen molar-refractivity contribution in [3.63, 3.8) is 0 Å². The van der Waals surface area contributed by atoms with Crippen LogP contribution in [0.4, 0.5) is 0 Å². The number of amides is 1. The van der Waals surface area contributed by atoms with Crippen molar-refractivity contribution in [1.82, 2.24) is 4.90 Å². The lowest BCUT2D eigenvalue weighted by Crippen LogP contribution is -2.39.